The highest BCUT2D eigenvalue weighted by atomic mass is 16.7. The Labute approximate surface area is 151 Å². The molecule has 26 heavy (non-hydrogen) atoms. The molecule has 1 fully saturated rings. The summed E-state index contributed by atoms with van der Waals surface area (Å²) in [5.41, 5.74) is 1.39. The van der Waals surface area contributed by atoms with Gasteiger partial charge < -0.3 is 0 Å². The second-order valence-electron chi connectivity index (χ2n) is 6.23. The maximum absolute atomic E-state index is 12.0. The first-order valence-electron chi connectivity index (χ1n) is 8.47. The van der Waals surface area contributed by atoms with Gasteiger partial charge in [0.15, 0.2) is 5.54 Å². The van der Waals surface area contributed by atoms with Crippen molar-refractivity contribution in [1.29, 1.82) is 0 Å². The largest absolute Gasteiger partial charge is 0.272 e. The van der Waals surface area contributed by atoms with Crippen LogP contribution in [0.3, 0.4) is 0 Å². The van der Waals surface area contributed by atoms with E-state index in [0.717, 1.165) is 16.8 Å². The molecule has 1 aliphatic rings. The van der Waals surface area contributed by atoms with Gasteiger partial charge in [0.05, 0.1) is 5.69 Å². The van der Waals surface area contributed by atoms with Crippen molar-refractivity contribution in [2.75, 3.05) is 11.7 Å². The highest BCUT2D eigenvalue weighted by Crippen LogP contribution is 2.46. The van der Waals surface area contributed by atoms with E-state index in [4.69, 9.17) is 4.84 Å². The Bertz CT molecular complexity index is 845. The first kappa shape index (κ1) is 16.3. The molecule has 130 valence electrons. The first-order chi connectivity index (χ1) is 12.7. The number of hydrogen-bond donors (Lipinski definition) is 0. The Balaban J connectivity index is 2.02. The molecule has 3 aromatic carbocycles. The maximum Gasteiger partial charge on any atom is 0.272 e. The van der Waals surface area contributed by atoms with Crippen LogP contribution in [0.25, 0.3) is 0 Å². The van der Waals surface area contributed by atoms with E-state index in [0.29, 0.717) is 0 Å². The van der Waals surface area contributed by atoms with E-state index >= 15 is 0 Å². The van der Waals surface area contributed by atoms with Crippen LogP contribution in [0.1, 0.15) is 11.1 Å². The molecule has 0 amide bonds. The van der Waals surface area contributed by atoms with E-state index in [-0.39, 0.29) is 11.5 Å². The lowest BCUT2D eigenvalue weighted by molar-refractivity contribution is -0.527. The van der Waals surface area contributed by atoms with Gasteiger partial charge in [0.1, 0.15) is 6.61 Å². The summed E-state index contributed by atoms with van der Waals surface area (Å²) in [6, 6.07) is 27.7. The summed E-state index contributed by atoms with van der Waals surface area (Å²) in [6.45, 7) is 0.00564. The minimum absolute atomic E-state index is 0.00564. The zero-order valence-electron chi connectivity index (χ0n) is 14.1. The summed E-state index contributed by atoms with van der Waals surface area (Å²) in [6.07, 6.45) is 0. The number of rotatable bonds is 4. The van der Waals surface area contributed by atoms with E-state index < -0.39 is 11.6 Å². The van der Waals surface area contributed by atoms with Gasteiger partial charge in [-0.05, 0) is 23.3 Å². The summed E-state index contributed by atoms with van der Waals surface area (Å²) in [5.74, 6) is 0. The molecule has 0 spiro atoms. The zero-order valence-corrected chi connectivity index (χ0v) is 14.1. The van der Waals surface area contributed by atoms with E-state index in [1.807, 2.05) is 91.0 Å². The lowest BCUT2D eigenvalue weighted by atomic mass is 9.77. The molecule has 1 unspecified atom stereocenters. The van der Waals surface area contributed by atoms with Crippen LogP contribution in [0.2, 0.25) is 0 Å². The van der Waals surface area contributed by atoms with Crippen LogP contribution in [0.5, 0.6) is 0 Å². The van der Waals surface area contributed by atoms with Crippen molar-refractivity contribution in [2.45, 2.75) is 11.6 Å². The SMILES string of the molecule is O=[N+]([O-])C1CON(c2ccccc2)C1(c1ccccc1)c1ccccc1. The molecule has 0 bridgehead atoms. The Hall–Kier alpha value is -3.18. The molecule has 1 atom stereocenters. The molecule has 0 N–H and O–H groups in total. The molecule has 5 nitrogen and oxygen atoms in total. The van der Waals surface area contributed by atoms with Crippen molar-refractivity contribution in [1.82, 2.24) is 0 Å². The Morgan fingerprint density at radius 3 is 1.77 bits per heavy atom. The van der Waals surface area contributed by atoms with E-state index in [2.05, 4.69) is 0 Å². The van der Waals surface area contributed by atoms with E-state index in [1.54, 1.807) is 5.06 Å². The minimum Gasteiger partial charge on any atom is -0.265 e. The van der Waals surface area contributed by atoms with Crippen molar-refractivity contribution in [2.24, 2.45) is 0 Å². The molecule has 5 heteroatoms. The fourth-order valence-electron chi connectivity index (χ4n) is 3.73. The predicted molar refractivity (Wildman–Crippen MR) is 99.3 cm³/mol. The van der Waals surface area contributed by atoms with Crippen molar-refractivity contribution in [3.8, 4) is 0 Å². The van der Waals surface area contributed by atoms with Crippen molar-refractivity contribution >= 4 is 5.69 Å². The molecule has 3 aromatic rings. The second-order valence-corrected chi connectivity index (χ2v) is 6.23. The standard InChI is InChI=1S/C21H18N2O3/c24-23(25)20-16-26-22(19-14-8-3-9-15-19)21(20,17-10-4-1-5-11-17)18-12-6-2-7-13-18/h1-15,20H,16H2. The number of anilines is 1. The van der Waals surface area contributed by atoms with Gasteiger partial charge in [-0.3, -0.25) is 15.0 Å². The fourth-order valence-corrected chi connectivity index (χ4v) is 3.73. The number of para-hydroxylation sites is 1. The minimum atomic E-state index is -1.05. The molecule has 1 aliphatic heterocycles. The Morgan fingerprint density at radius 1 is 0.846 bits per heavy atom. The monoisotopic (exact) mass is 346 g/mol. The van der Waals surface area contributed by atoms with Gasteiger partial charge in [-0.15, -0.1) is 0 Å². The predicted octanol–water partition coefficient (Wildman–Crippen LogP) is 4.03. The summed E-state index contributed by atoms with van der Waals surface area (Å²) < 4.78 is 0. The van der Waals surface area contributed by atoms with E-state index in [9.17, 15) is 10.1 Å². The van der Waals surface area contributed by atoms with Gasteiger partial charge in [0.2, 0.25) is 0 Å². The van der Waals surface area contributed by atoms with Crippen LogP contribution >= 0.6 is 0 Å². The van der Waals surface area contributed by atoms with Crippen LogP contribution < -0.4 is 5.06 Å². The molecule has 0 aliphatic carbocycles. The Morgan fingerprint density at radius 2 is 1.31 bits per heavy atom. The zero-order chi connectivity index (χ0) is 18.0. The van der Waals surface area contributed by atoms with Gasteiger partial charge in [-0.2, -0.15) is 0 Å². The van der Waals surface area contributed by atoms with Crippen LogP contribution in [0, 0.1) is 10.1 Å². The van der Waals surface area contributed by atoms with Crippen LogP contribution in [0.4, 0.5) is 5.69 Å². The van der Waals surface area contributed by atoms with Crippen molar-refractivity contribution in [3.05, 3.63) is 112 Å². The summed E-state index contributed by atoms with van der Waals surface area (Å²) in [5, 5.41) is 13.7. The summed E-state index contributed by atoms with van der Waals surface area (Å²) in [4.78, 5) is 17.7. The normalized spacial score (nSPS) is 18.6. The second kappa shape index (κ2) is 6.61. The summed E-state index contributed by atoms with van der Waals surface area (Å²) >= 11 is 0. The average molecular weight is 346 g/mol. The van der Waals surface area contributed by atoms with Gasteiger partial charge >= 0.3 is 0 Å². The lowest BCUT2D eigenvalue weighted by Crippen LogP contribution is -2.51. The third-order valence-corrected chi connectivity index (χ3v) is 4.84. The van der Waals surface area contributed by atoms with Crippen LogP contribution in [-0.4, -0.2) is 17.6 Å². The molecule has 4 rings (SSSR count). The maximum atomic E-state index is 12.0. The Kier molecular flexibility index (Phi) is 4.14. The molecular weight excluding hydrogens is 328 g/mol. The van der Waals surface area contributed by atoms with Gasteiger partial charge in [0, 0.05) is 4.92 Å². The molecule has 1 heterocycles. The smallest absolute Gasteiger partial charge is 0.265 e. The van der Waals surface area contributed by atoms with Crippen LogP contribution in [0.15, 0.2) is 91.0 Å². The number of nitrogens with zero attached hydrogens (tertiary/aromatic N) is 2. The van der Waals surface area contributed by atoms with Crippen molar-refractivity contribution in [3.63, 3.8) is 0 Å². The lowest BCUT2D eigenvalue weighted by Gasteiger charge is -2.38. The fraction of sp³-hybridized carbons (Fsp3) is 0.143. The van der Waals surface area contributed by atoms with Gasteiger partial charge in [0.25, 0.3) is 6.04 Å². The molecular formula is C21H18N2O3. The highest BCUT2D eigenvalue weighted by Gasteiger charge is 2.60. The van der Waals surface area contributed by atoms with Crippen LogP contribution in [-0.2, 0) is 10.4 Å². The van der Waals surface area contributed by atoms with E-state index in [1.165, 1.54) is 0 Å². The third-order valence-electron chi connectivity index (χ3n) is 4.84. The number of hydroxylamine groups is 1. The third kappa shape index (κ3) is 2.45. The number of benzene rings is 3. The molecule has 0 saturated carbocycles. The summed E-state index contributed by atoms with van der Waals surface area (Å²) in [7, 11) is 0. The molecule has 1 saturated heterocycles. The molecule has 0 radical (unpaired) electrons. The number of hydrogen-bond acceptors (Lipinski definition) is 4. The van der Waals surface area contributed by atoms with Crippen molar-refractivity contribution < 1.29 is 9.76 Å². The first-order valence-corrected chi connectivity index (χ1v) is 8.47. The topological polar surface area (TPSA) is 55.6 Å². The quantitative estimate of drug-likeness (QED) is 0.529. The van der Waals surface area contributed by atoms with Gasteiger partial charge in [-0.25, -0.2) is 5.06 Å². The van der Waals surface area contributed by atoms with Gasteiger partial charge in [-0.1, -0.05) is 78.9 Å². The highest BCUT2D eigenvalue weighted by molar-refractivity contribution is 5.56. The average Bonchev–Trinajstić information content (AvgIpc) is 3.12. The molecule has 0 aromatic heterocycles. The number of nitro groups is 1.